The lowest BCUT2D eigenvalue weighted by Crippen LogP contribution is -2.45. The number of rotatable bonds is 2. The first-order chi connectivity index (χ1) is 5.88. The summed E-state index contributed by atoms with van der Waals surface area (Å²) in [6, 6.07) is 1.40. The van der Waals surface area contributed by atoms with Gasteiger partial charge in [0.1, 0.15) is 0 Å². The van der Waals surface area contributed by atoms with Crippen LogP contribution in [0.15, 0.2) is 0 Å². The molecule has 1 atom stereocenters. The standard InChI is InChI=1S/C11H24N2/c1-9(2)13-7-6-10(8-13)12-11(3,4)5/h9-10,12H,6-8H2,1-5H3. The summed E-state index contributed by atoms with van der Waals surface area (Å²) in [4.78, 5) is 2.55. The summed E-state index contributed by atoms with van der Waals surface area (Å²) < 4.78 is 0. The first kappa shape index (κ1) is 11.0. The van der Waals surface area contributed by atoms with Crippen molar-refractivity contribution in [2.24, 2.45) is 0 Å². The summed E-state index contributed by atoms with van der Waals surface area (Å²) in [7, 11) is 0. The van der Waals surface area contributed by atoms with Crippen molar-refractivity contribution in [3.05, 3.63) is 0 Å². The highest BCUT2D eigenvalue weighted by Gasteiger charge is 2.26. The van der Waals surface area contributed by atoms with Crippen LogP contribution in [0.2, 0.25) is 0 Å². The van der Waals surface area contributed by atoms with E-state index in [-0.39, 0.29) is 5.54 Å². The highest BCUT2D eigenvalue weighted by molar-refractivity contribution is 4.86. The number of nitrogens with one attached hydrogen (secondary N) is 1. The molecule has 78 valence electrons. The van der Waals surface area contributed by atoms with Gasteiger partial charge in [-0.1, -0.05) is 0 Å². The molecule has 2 heteroatoms. The van der Waals surface area contributed by atoms with E-state index >= 15 is 0 Å². The molecule has 0 aliphatic carbocycles. The Kier molecular flexibility index (Phi) is 3.36. The summed E-state index contributed by atoms with van der Waals surface area (Å²) in [6.07, 6.45) is 1.30. The molecular formula is C11H24N2. The largest absolute Gasteiger partial charge is 0.308 e. The summed E-state index contributed by atoms with van der Waals surface area (Å²) in [5.74, 6) is 0. The monoisotopic (exact) mass is 184 g/mol. The van der Waals surface area contributed by atoms with Gasteiger partial charge in [0.05, 0.1) is 0 Å². The van der Waals surface area contributed by atoms with Gasteiger partial charge in [0.25, 0.3) is 0 Å². The molecule has 0 aromatic carbocycles. The quantitative estimate of drug-likeness (QED) is 0.704. The van der Waals surface area contributed by atoms with Crippen LogP contribution in [-0.2, 0) is 0 Å². The number of hydrogen-bond acceptors (Lipinski definition) is 2. The van der Waals surface area contributed by atoms with Crippen molar-refractivity contribution < 1.29 is 0 Å². The van der Waals surface area contributed by atoms with Gasteiger partial charge >= 0.3 is 0 Å². The number of nitrogens with zero attached hydrogens (tertiary/aromatic N) is 1. The van der Waals surface area contributed by atoms with E-state index in [2.05, 4.69) is 44.8 Å². The second kappa shape index (κ2) is 3.97. The minimum absolute atomic E-state index is 0.262. The average molecular weight is 184 g/mol. The van der Waals surface area contributed by atoms with Crippen LogP contribution in [0, 0.1) is 0 Å². The van der Waals surface area contributed by atoms with Crippen LogP contribution in [0.5, 0.6) is 0 Å². The first-order valence-electron chi connectivity index (χ1n) is 5.40. The Morgan fingerprint density at radius 1 is 1.31 bits per heavy atom. The highest BCUT2D eigenvalue weighted by Crippen LogP contribution is 2.14. The molecule has 1 fully saturated rings. The molecule has 0 aromatic heterocycles. The van der Waals surface area contributed by atoms with Gasteiger partial charge in [0, 0.05) is 24.2 Å². The molecule has 1 N–H and O–H groups in total. The minimum Gasteiger partial charge on any atom is -0.308 e. The van der Waals surface area contributed by atoms with Gasteiger partial charge in [0.2, 0.25) is 0 Å². The van der Waals surface area contributed by atoms with Crippen LogP contribution in [0.1, 0.15) is 41.0 Å². The lowest BCUT2D eigenvalue weighted by Gasteiger charge is -2.26. The maximum Gasteiger partial charge on any atom is 0.0212 e. The van der Waals surface area contributed by atoms with Gasteiger partial charge < -0.3 is 5.32 Å². The van der Waals surface area contributed by atoms with E-state index < -0.39 is 0 Å². The van der Waals surface area contributed by atoms with E-state index in [4.69, 9.17) is 0 Å². The van der Waals surface area contributed by atoms with Gasteiger partial charge in [-0.2, -0.15) is 0 Å². The molecule has 1 heterocycles. The van der Waals surface area contributed by atoms with E-state index in [0.717, 1.165) is 0 Å². The SMILES string of the molecule is CC(C)N1CCC(NC(C)(C)C)C1. The summed E-state index contributed by atoms with van der Waals surface area (Å²) in [5, 5.41) is 3.66. The zero-order valence-corrected chi connectivity index (χ0v) is 9.72. The fourth-order valence-corrected chi connectivity index (χ4v) is 1.99. The molecule has 1 rings (SSSR count). The van der Waals surface area contributed by atoms with Crippen LogP contribution in [-0.4, -0.2) is 35.6 Å². The van der Waals surface area contributed by atoms with Gasteiger partial charge in [-0.15, -0.1) is 0 Å². The molecule has 13 heavy (non-hydrogen) atoms. The van der Waals surface area contributed by atoms with Crippen LogP contribution < -0.4 is 5.32 Å². The maximum atomic E-state index is 3.66. The third-order valence-corrected chi connectivity index (χ3v) is 2.59. The van der Waals surface area contributed by atoms with Crippen molar-refractivity contribution >= 4 is 0 Å². The van der Waals surface area contributed by atoms with E-state index in [1.165, 1.54) is 19.5 Å². The topological polar surface area (TPSA) is 15.3 Å². The summed E-state index contributed by atoms with van der Waals surface area (Å²) >= 11 is 0. The van der Waals surface area contributed by atoms with Crippen molar-refractivity contribution in [2.75, 3.05) is 13.1 Å². The molecule has 1 unspecified atom stereocenters. The van der Waals surface area contributed by atoms with Gasteiger partial charge in [-0.05, 0) is 47.6 Å². The Bertz CT molecular complexity index is 158. The van der Waals surface area contributed by atoms with Gasteiger partial charge in [0.15, 0.2) is 0 Å². The van der Waals surface area contributed by atoms with E-state index in [1.807, 2.05) is 0 Å². The molecular weight excluding hydrogens is 160 g/mol. The van der Waals surface area contributed by atoms with Crippen LogP contribution >= 0.6 is 0 Å². The third kappa shape index (κ3) is 3.65. The van der Waals surface area contributed by atoms with E-state index in [9.17, 15) is 0 Å². The van der Waals surface area contributed by atoms with Gasteiger partial charge in [-0.25, -0.2) is 0 Å². The molecule has 2 nitrogen and oxygen atoms in total. The zero-order chi connectivity index (χ0) is 10.1. The Morgan fingerprint density at radius 3 is 2.31 bits per heavy atom. The molecule has 0 amide bonds. The summed E-state index contributed by atoms with van der Waals surface area (Å²) in [5.41, 5.74) is 0.262. The molecule has 1 saturated heterocycles. The van der Waals surface area contributed by atoms with Crippen LogP contribution in [0.3, 0.4) is 0 Å². The van der Waals surface area contributed by atoms with Crippen LogP contribution in [0.25, 0.3) is 0 Å². The van der Waals surface area contributed by atoms with E-state index in [0.29, 0.717) is 12.1 Å². The molecule has 0 bridgehead atoms. The number of likely N-dealkylation sites (tertiary alicyclic amines) is 1. The second-order valence-electron chi connectivity index (χ2n) is 5.47. The number of hydrogen-bond donors (Lipinski definition) is 1. The van der Waals surface area contributed by atoms with Crippen molar-refractivity contribution in [3.63, 3.8) is 0 Å². The van der Waals surface area contributed by atoms with Crippen molar-refractivity contribution in [3.8, 4) is 0 Å². The van der Waals surface area contributed by atoms with Crippen LogP contribution in [0.4, 0.5) is 0 Å². The van der Waals surface area contributed by atoms with Crippen molar-refractivity contribution in [1.82, 2.24) is 10.2 Å². The summed E-state index contributed by atoms with van der Waals surface area (Å²) in [6.45, 7) is 13.8. The Hall–Kier alpha value is -0.0800. The minimum atomic E-state index is 0.262. The Balaban J connectivity index is 2.33. The zero-order valence-electron chi connectivity index (χ0n) is 9.72. The lowest BCUT2D eigenvalue weighted by molar-refractivity contribution is 0.259. The predicted octanol–water partition coefficient (Wildman–Crippen LogP) is 1.86. The third-order valence-electron chi connectivity index (χ3n) is 2.59. The Labute approximate surface area is 82.7 Å². The molecule has 0 saturated carbocycles. The fraction of sp³-hybridized carbons (Fsp3) is 1.00. The van der Waals surface area contributed by atoms with Crippen molar-refractivity contribution in [2.45, 2.75) is 58.7 Å². The lowest BCUT2D eigenvalue weighted by atomic mass is 10.1. The predicted molar refractivity (Wildman–Crippen MR) is 58.0 cm³/mol. The first-order valence-corrected chi connectivity index (χ1v) is 5.40. The normalized spacial score (nSPS) is 25.8. The highest BCUT2D eigenvalue weighted by atomic mass is 15.2. The van der Waals surface area contributed by atoms with E-state index in [1.54, 1.807) is 0 Å². The molecule has 0 spiro atoms. The second-order valence-corrected chi connectivity index (χ2v) is 5.47. The smallest absolute Gasteiger partial charge is 0.0212 e. The average Bonchev–Trinajstić information content (AvgIpc) is 2.31. The van der Waals surface area contributed by atoms with Gasteiger partial charge in [-0.3, -0.25) is 4.90 Å². The maximum absolute atomic E-state index is 3.66. The molecule has 0 aromatic rings. The molecule has 0 radical (unpaired) electrons. The fourth-order valence-electron chi connectivity index (χ4n) is 1.99. The molecule has 1 aliphatic rings. The van der Waals surface area contributed by atoms with Crippen molar-refractivity contribution in [1.29, 1.82) is 0 Å². The molecule has 1 aliphatic heterocycles. The Morgan fingerprint density at radius 2 is 1.92 bits per heavy atom.